The maximum absolute atomic E-state index is 8.28. The Hall–Kier alpha value is -3.21. The summed E-state index contributed by atoms with van der Waals surface area (Å²) in [6.07, 6.45) is 4.04. The van der Waals surface area contributed by atoms with Crippen LogP contribution >= 0.6 is 0 Å². The van der Waals surface area contributed by atoms with Gasteiger partial charge in [-0.05, 0) is 56.0 Å². The lowest BCUT2D eigenvalue weighted by atomic mass is 9.87. The summed E-state index contributed by atoms with van der Waals surface area (Å²) in [5.74, 6) is 0.382. The molecule has 2 aromatic heterocycles. The summed E-state index contributed by atoms with van der Waals surface area (Å²) in [6.45, 7) is 16.9. The number of aromatic nitrogens is 2. The zero-order valence-electron chi connectivity index (χ0n) is 19.1. The van der Waals surface area contributed by atoms with Gasteiger partial charge in [0.2, 0.25) is 0 Å². The highest BCUT2D eigenvalue weighted by Gasteiger charge is 2.13. The summed E-state index contributed by atoms with van der Waals surface area (Å²) in [6, 6.07) is 6.11. The Kier molecular flexibility index (Phi) is 5.66. The molecule has 1 aromatic carbocycles. The average Bonchev–Trinajstić information content (AvgIpc) is 3.09. The van der Waals surface area contributed by atoms with E-state index in [1.807, 2.05) is 25.3 Å². The van der Waals surface area contributed by atoms with Crippen molar-refractivity contribution in [1.82, 2.24) is 9.97 Å². The molecule has 0 radical (unpaired) electrons. The second-order valence-corrected chi connectivity index (χ2v) is 8.95. The third-order valence-corrected chi connectivity index (χ3v) is 5.76. The van der Waals surface area contributed by atoms with E-state index >= 15 is 0 Å². The van der Waals surface area contributed by atoms with Gasteiger partial charge in [0.25, 0.3) is 0 Å². The summed E-state index contributed by atoms with van der Waals surface area (Å²) < 4.78 is 0. The summed E-state index contributed by atoms with van der Waals surface area (Å²) in [4.78, 5) is 6.84. The van der Waals surface area contributed by atoms with Gasteiger partial charge in [-0.2, -0.15) is 0 Å². The van der Waals surface area contributed by atoms with E-state index in [0.29, 0.717) is 5.84 Å². The first-order valence-electron chi connectivity index (χ1n) is 10.2. The number of hydrogen-bond acceptors (Lipinski definition) is 2. The second kappa shape index (κ2) is 7.90. The first kappa shape index (κ1) is 21.5. The molecule has 3 aromatic rings. The lowest BCUT2D eigenvalue weighted by Gasteiger charge is -2.19. The molecular formula is C25H33N5. The predicted octanol–water partition coefficient (Wildman–Crippen LogP) is 4.78. The number of hydrogen-bond donors (Lipinski definition) is 5. The van der Waals surface area contributed by atoms with Crippen molar-refractivity contribution < 1.29 is 0 Å². The van der Waals surface area contributed by atoms with Crippen molar-refractivity contribution in [3.63, 3.8) is 0 Å². The Balaban J connectivity index is 1.98. The number of H-pyrrole nitrogens is 2. The lowest BCUT2D eigenvalue weighted by Crippen LogP contribution is -2.20. The second-order valence-electron chi connectivity index (χ2n) is 8.95. The van der Waals surface area contributed by atoms with Crippen LogP contribution in [0.15, 0.2) is 29.8 Å². The van der Waals surface area contributed by atoms with Gasteiger partial charge in [0.1, 0.15) is 5.84 Å². The van der Waals surface area contributed by atoms with Gasteiger partial charge in [-0.3, -0.25) is 5.41 Å². The van der Waals surface area contributed by atoms with Crippen molar-refractivity contribution in [2.24, 2.45) is 5.41 Å². The Labute approximate surface area is 178 Å². The van der Waals surface area contributed by atoms with Crippen LogP contribution in [0.2, 0.25) is 0 Å². The van der Waals surface area contributed by atoms with E-state index in [1.165, 1.54) is 5.56 Å². The molecule has 0 aliphatic rings. The Morgan fingerprint density at radius 1 is 1.17 bits per heavy atom. The van der Waals surface area contributed by atoms with Crippen LogP contribution in [-0.2, 0) is 0 Å². The minimum atomic E-state index is 0.0480. The van der Waals surface area contributed by atoms with Crippen molar-refractivity contribution in [3.05, 3.63) is 57.4 Å². The fraction of sp³-hybridized carbons (Fsp3) is 0.320. The van der Waals surface area contributed by atoms with Crippen molar-refractivity contribution in [3.8, 4) is 0 Å². The van der Waals surface area contributed by atoms with E-state index in [1.54, 1.807) is 0 Å². The van der Waals surface area contributed by atoms with Gasteiger partial charge in [0, 0.05) is 45.6 Å². The fourth-order valence-corrected chi connectivity index (χ4v) is 3.58. The molecule has 0 bridgehead atoms. The Morgan fingerprint density at radius 2 is 1.87 bits per heavy atom. The number of aromatic amines is 2. The highest BCUT2D eigenvalue weighted by atomic mass is 14.9. The van der Waals surface area contributed by atoms with Crippen LogP contribution in [0, 0.1) is 24.7 Å². The van der Waals surface area contributed by atoms with Crippen molar-refractivity contribution in [2.45, 2.75) is 41.5 Å². The number of anilines is 2. The van der Waals surface area contributed by atoms with Crippen LogP contribution in [0.3, 0.4) is 0 Å². The van der Waals surface area contributed by atoms with E-state index in [2.05, 4.69) is 80.9 Å². The maximum Gasteiger partial charge on any atom is 0.122 e. The number of amidine groups is 1. The molecule has 0 aliphatic heterocycles. The molecule has 0 spiro atoms. The molecule has 5 heteroatoms. The van der Waals surface area contributed by atoms with Gasteiger partial charge in [0.15, 0.2) is 0 Å². The fourth-order valence-electron chi connectivity index (χ4n) is 3.58. The minimum Gasteiger partial charge on any atom is -0.386 e. The quantitative estimate of drug-likeness (QED) is 0.321. The predicted molar refractivity (Wildman–Crippen MR) is 131 cm³/mol. The summed E-state index contributed by atoms with van der Waals surface area (Å²) in [5, 5.41) is 17.8. The van der Waals surface area contributed by atoms with Gasteiger partial charge >= 0.3 is 0 Å². The van der Waals surface area contributed by atoms with Gasteiger partial charge in [-0.15, -0.1) is 0 Å². The molecule has 0 atom stereocenters. The Bertz CT molecular complexity index is 1250. The third-order valence-electron chi connectivity index (χ3n) is 5.76. The Morgan fingerprint density at radius 3 is 2.47 bits per heavy atom. The van der Waals surface area contributed by atoms with Crippen LogP contribution in [-0.4, -0.2) is 22.9 Å². The van der Waals surface area contributed by atoms with Crippen LogP contribution < -0.4 is 21.2 Å². The minimum absolute atomic E-state index is 0.0480. The molecule has 158 valence electrons. The van der Waals surface area contributed by atoms with E-state index in [-0.39, 0.29) is 5.41 Å². The molecular weight excluding hydrogens is 370 g/mol. The number of allylic oxidation sites excluding steroid dienone is 1. The molecule has 3 rings (SSSR count). The molecule has 5 N–H and O–H groups in total. The first-order chi connectivity index (χ1) is 14.0. The molecule has 5 nitrogen and oxygen atoms in total. The molecule has 0 amide bonds. The van der Waals surface area contributed by atoms with Gasteiger partial charge in [0.05, 0.1) is 5.69 Å². The SMILES string of the molecule is C=c1[nH]c2cc(NC(=N)/C=C(\C)C(C)(C)C)ccc2/c1=C/c1[nH]c(C)c(NC)c1C. The zero-order chi connectivity index (χ0) is 22.2. The number of fused-ring (bicyclic) bond motifs is 1. The molecule has 0 unspecified atom stereocenters. The lowest BCUT2D eigenvalue weighted by molar-refractivity contribution is 0.504. The number of rotatable bonds is 4. The molecule has 0 saturated heterocycles. The van der Waals surface area contributed by atoms with Crippen molar-refractivity contribution >= 4 is 40.8 Å². The molecule has 2 heterocycles. The van der Waals surface area contributed by atoms with Crippen molar-refractivity contribution in [2.75, 3.05) is 17.7 Å². The summed E-state index contributed by atoms with van der Waals surface area (Å²) in [7, 11) is 1.94. The van der Waals surface area contributed by atoms with Gasteiger partial charge in [-0.25, -0.2) is 0 Å². The molecule has 0 aliphatic carbocycles. The van der Waals surface area contributed by atoms with Crippen LogP contribution in [0.4, 0.5) is 11.4 Å². The van der Waals surface area contributed by atoms with E-state index < -0.39 is 0 Å². The van der Waals surface area contributed by atoms with Crippen LogP contribution in [0.25, 0.3) is 23.6 Å². The smallest absolute Gasteiger partial charge is 0.122 e. The molecule has 0 fully saturated rings. The first-order valence-corrected chi connectivity index (χ1v) is 10.2. The van der Waals surface area contributed by atoms with Crippen LogP contribution in [0.5, 0.6) is 0 Å². The van der Waals surface area contributed by atoms with Gasteiger partial charge in [-0.1, -0.05) is 39.0 Å². The number of aryl methyl sites for hydroxylation is 1. The molecule has 30 heavy (non-hydrogen) atoms. The zero-order valence-corrected chi connectivity index (χ0v) is 19.1. The van der Waals surface area contributed by atoms with E-state index in [9.17, 15) is 0 Å². The highest BCUT2D eigenvalue weighted by molar-refractivity contribution is 6.03. The van der Waals surface area contributed by atoms with Gasteiger partial charge < -0.3 is 20.6 Å². The van der Waals surface area contributed by atoms with Crippen molar-refractivity contribution in [1.29, 1.82) is 5.41 Å². The largest absolute Gasteiger partial charge is 0.386 e. The topological polar surface area (TPSA) is 79.5 Å². The monoisotopic (exact) mass is 403 g/mol. The highest BCUT2D eigenvalue weighted by Crippen LogP contribution is 2.25. The van der Waals surface area contributed by atoms with E-state index in [4.69, 9.17) is 5.41 Å². The summed E-state index contributed by atoms with van der Waals surface area (Å²) >= 11 is 0. The van der Waals surface area contributed by atoms with Crippen LogP contribution in [0.1, 0.15) is 44.6 Å². The third kappa shape index (κ3) is 4.20. The normalized spacial score (nSPS) is 13.2. The maximum atomic E-state index is 8.28. The average molecular weight is 404 g/mol. The standard InChI is InChI=1S/C25H33N5/c1-14(25(5,6)7)11-23(26)30-18-9-10-19-20(16(3)28-22(19)12-18)13-21-15(2)24(27-8)17(4)29-21/h9-13,27-29H,3H2,1-2,4-8H3,(H2,26,30)/b14-11+,20-13+. The van der Waals surface area contributed by atoms with E-state index in [0.717, 1.165) is 49.8 Å². The number of benzene rings is 1. The summed E-state index contributed by atoms with van der Waals surface area (Å²) in [5.41, 5.74) is 7.61. The number of nitrogens with one attached hydrogen (secondary N) is 5. The molecule has 0 saturated carbocycles.